The molecule has 20 heavy (non-hydrogen) atoms. The van der Waals surface area contributed by atoms with Gasteiger partial charge in [0, 0.05) is 12.6 Å². The Morgan fingerprint density at radius 1 is 1.25 bits per heavy atom. The van der Waals surface area contributed by atoms with Crippen molar-refractivity contribution in [3.8, 4) is 5.75 Å². The topological polar surface area (TPSA) is 81.4 Å². The number of para-hydroxylation sites is 1. The normalized spacial score (nSPS) is 23.5. The van der Waals surface area contributed by atoms with E-state index in [0.717, 1.165) is 25.7 Å². The van der Waals surface area contributed by atoms with Gasteiger partial charge in [0.25, 0.3) is 0 Å². The minimum absolute atomic E-state index is 0.0489. The number of benzene rings is 1. The Hall–Kier alpha value is -1.11. The summed E-state index contributed by atoms with van der Waals surface area (Å²) in [6, 6.07) is 7.01. The number of nitrogens with one attached hydrogen (secondary N) is 1. The molecular formula is C14H22N2O3S. The van der Waals surface area contributed by atoms with Gasteiger partial charge in [-0.15, -0.1) is 0 Å². The van der Waals surface area contributed by atoms with Crippen LogP contribution in [0.2, 0.25) is 0 Å². The van der Waals surface area contributed by atoms with Crippen LogP contribution in [0, 0.1) is 0 Å². The zero-order valence-electron chi connectivity index (χ0n) is 11.7. The van der Waals surface area contributed by atoms with Gasteiger partial charge in [-0.3, -0.25) is 0 Å². The predicted molar refractivity (Wildman–Crippen MR) is 78.2 cm³/mol. The smallest absolute Gasteiger partial charge is 0.244 e. The summed E-state index contributed by atoms with van der Waals surface area (Å²) in [5.41, 5.74) is 5.87. The van der Waals surface area contributed by atoms with Crippen LogP contribution in [0.5, 0.6) is 5.75 Å². The van der Waals surface area contributed by atoms with Gasteiger partial charge in [-0.2, -0.15) is 0 Å². The molecule has 1 aliphatic carbocycles. The zero-order chi connectivity index (χ0) is 14.6. The second kappa shape index (κ2) is 6.56. The lowest BCUT2D eigenvalue weighted by atomic mass is 9.94. The van der Waals surface area contributed by atoms with E-state index in [1.54, 1.807) is 31.2 Å². The van der Waals surface area contributed by atoms with Crippen LogP contribution in [0.4, 0.5) is 0 Å². The van der Waals surface area contributed by atoms with Crippen LogP contribution in [0.1, 0.15) is 32.6 Å². The van der Waals surface area contributed by atoms with E-state index in [4.69, 9.17) is 10.5 Å². The molecule has 0 radical (unpaired) electrons. The van der Waals surface area contributed by atoms with Gasteiger partial charge in [-0.05, 0) is 37.8 Å². The van der Waals surface area contributed by atoms with Crippen LogP contribution in [0.15, 0.2) is 29.2 Å². The van der Waals surface area contributed by atoms with Crippen molar-refractivity contribution in [3.05, 3.63) is 24.3 Å². The maximum atomic E-state index is 12.1. The van der Waals surface area contributed by atoms with Crippen molar-refractivity contribution in [1.82, 2.24) is 4.72 Å². The molecule has 0 spiro atoms. The molecule has 1 aliphatic rings. The van der Waals surface area contributed by atoms with Crippen LogP contribution in [-0.4, -0.2) is 27.1 Å². The van der Waals surface area contributed by atoms with Gasteiger partial charge in [-0.25, -0.2) is 13.1 Å². The molecule has 2 rings (SSSR count). The first-order valence-electron chi connectivity index (χ1n) is 7.04. The number of hydrogen-bond acceptors (Lipinski definition) is 4. The number of hydrogen-bond donors (Lipinski definition) is 2. The Bertz CT molecular complexity index is 537. The van der Waals surface area contributed by atoms with E-state index in [-0.39, 0.29) is 17.0 Å². The minimum atomic E-state index is -3.50. The van der Waals surface area contributed by atoms with Crippen LogP contribution in [-0.2, 0) is 10.0 Å². The highest BCUT2D eigenvalue weighted by Gasteiger charge is 2.23. The van der Waals surface area contributed by atoms with Gasteiger partial charge >= 0.3 is 0 Å². The third-order valence-corrected chi connectivity index (χ3v) is 5.07. The van der Waals surface area contributed by atoms with E-state index in [2.05, 4.69) is 4.72 Å². The third kappa shape index (κ3) is 3.71. The summed E-state index contributed by atoms with van der Waals surface area (Å²) in [7, 11) is -3.50. The second-order valence-corrected chi connectivity index (χ2v) is 6.84. The summed E-state index contributed by atoms with van der Waals surface area (Å²) in [6.45, 7) is 2.11. The van der Waals surface area contributed by atoms with E-state index in [0.29, 0.717) is 12.3 Å². The van der Waals surface area contributed by atoms with Crippen molar-refractivity contribution in [2.45, 2.75) is 49.6 Å². The Morgan fingerprint density at radius 2 is 1.90 bits per heavy atom. The molecule has 1 fully saturated rings. The highest BCUT2D eigenvalue weighted by atomic mass is 32.2. The molecule has 0 amide bonds. The number of rotatable bonds is 5. The lowest BCUT2D eigenvalue weighted by Crippen LogP contribution is -2.32. The summed E-state index contributed by atoms with van der Waals surface area (Å²) < 4.78 is 32.7. The molecule has 0 atom stereocenters. The fourth-order valence-electron chi connectivity index (χ4n) is 2.42. The number of ether oxygens (including phenoxy) is 1. The minimum Gasteiger partial charge on any atom is -0.489 e. The van der Waals surface area contributed by atoms with Crippen LogP contribution < -0.4 is 15.2 Å². The fourth-order valence-corrected chi connectivity index (χ4v) is 3.60. The van der Waals surface area contributed by atoms with Gasteiger partial charge in [0.05, 0.1) is 6.10 Å². The van der Waals surface area contributed by atoms with E-state index in [9.17, 15) is 8.42 Å². The van der Waals surface area contributed by atoms with Crippen molar-refractivity contribution >= 4 is 10.0 Å². The Morgan fingerprint density at radius 3 is 2.55 bits per heavy atom. The molecule has 3 N–H and O–H groups in total. The monoisotopic (exact) mass is 298 g/mol. The van der Waals surface area contributed by atoms with Gasteiger partial charge in [0.1, 0.15) is 10.6 Å². The van der Waals surface area contributed by atoms with Gasteiger partial charge in [0.15, 0.2) is 0 Å². The summed E-state index contributed by atoms with van der Waals surface area (Å²) in [5.74, 6) is 0.425. The summed E-state index contributed by atoms with van der Waals surface area (Å²) >= 11 is 0. The molecule has 0 bridgehead atoms. The fraction of sp³-hybridized carbons (Fsp3) is 0.571. The van der Waals surface area contributed by atoms with Crippen molar-refractivity contribution in [3.63, 3.8) is 0 Å². The standard InChI is InChI=1S/C14H22N2O3S/c1-2-16-20(17,18)14-6-4-3-5-13(14)19-12-9-7-11(15)8-10-12/h3-6,11-12,16H,2,7-10,15H2,1H3. The molecular weight excluding hydrogens is 276 g/mol. The molecule has 0 saturated heterocycles. The molecule has 6 heteroatoms. The average molecular weight is 298 g/mol. The first kappa shape index (κ1) is 15.3. The van der Waals surface area contributed by atoms with E-state index in [1.165, 1.54) is 0 Å². The predicted octanol–water partition coefficient (Wildman–Crippen LogP) is 1.63. The van der Waals surface area contributed by atoms with Crippen molar-refractivity contribution in [1.29, 1.82) is 0 Å². The largest absolute Gasteiger partial charge is 0.489 e. The highest BCUT2D eigenvalue weighted by molar-refractivity contribution is 7.89. The molecule has 1 aromatic rings. The molecule has 5 nitrogen and oxygen atoms in total. The third-order valence-electron chi connectivity index (χ3n) is 3.49. The van der Waals surface area contributed by atoms with Gasteiger partial charge in [-0.1, -0.05) is 19.1 Å². The van der Waals surface area contributed by atoms with Gasteiger partial charge < -0.3 is 10.5 Å². The van der Waals surface area contributed by atoms with Crippen LogP contribution >= 0.6 is 0 Å². The Kier molecular flexibility index (Phi) is 5.01. The maximum Gasteiger partial charge on any atom is 0.244 e. The molecule has 1 saturated carbocycles. The van der Waals surface area contributed by atoms with Crippen molar-refractivity contribution in [2.24, 2.45) is 5.73 Å². The number of nitrogens with two attached hydrogens (primary N) is 1. The maximum absolute atomic E-state index is 12.1. The van der Waals surface area contributed by atoms with Crippen LogP contribution in [0.3, 0.4) is 0 Å². The summed E-state index contributed by atoms with van der Waals surface area (Å²) in [4.78, 5) is 0.205. The lowest BCUT2D eigenvalue weighted by Gasteiger charge is -2.27. The van der Waals surface area contributed by atoms with Crippen LogP contribution in [0.25, 0.3) is 0 Å². The Balaban J connectivity index is 2.16. The number of sulfonamides is 1. The Labute approximate surface area is 120 Å². The van der Waals surface area contributed by atoms with Gasteiger partial charge in [0.2, 0.25) is 10.0 Å². The molecule has 1 aromatic carbocycles. The molecule has 112 valence electrons. The van der Waals surface area contributed by atoms with E-state index < -0.39 is 10.0 Å². The molecule has 0 aliphatic heterocycles. The average Bonchev–Trinajstić information content (AvgIpc) is 2.42. The lowest BCUT2D eigenvalue weighted by molar-refractivity contribution is 0.143. The zero-order valence-corrected chi connectivity index (χ0v) is 12.5. The quantitative estimate of drug-likeness (QED) is 0.865. The highest BCUT2D eigenvalue weighted by Crippen LogP contribution is 2.28. The van der Waals surface area contributed by atoms with E-state index >= 15 is 0 Å². The SMILES string of the molecule is CCNS(=O)(=O)c1ccccc1OC1CCC(N)CC1. The summed E-state index contributed by atoms with van der Waals surface area (Å²) in [6.07, 6.45) is 3.64. The first-order valence-corrected chi connectivity index (χ1v) is 8.52. The van der Waals surface area contributed by atoms with Crippen molar-refractivity contribution in [2.75, 3.05) is 6.54 Å². The molecule has 0 heterocycles. The van der Waals surface area contributed by atoms with Crippen molar-refractivity contribution < 1.29 is 13.2 Å². The van der Waals surface area contributed by atoms with E-state index in [1.807, 2.05) is 0 Å². The molecule has 0 aromatic heterocycles. The first-order chi connectivity index (χ1) is 9.53. The summed E-state index contributed by atoms with van der Waals surface area (Å²) in [5, 5.41) is 0. The second-order valence-electron chi connectivity index (χ2n) is 5.10. The molecule has 0 unspecified atom stereocenters.